The third-order valence-corrected chi connectivity index (χ3v) is 5.29. The van der Waals surface area contributed by atoms with Crippen LogP contribution in [0.2, 0.25) is 0 Å². The predicted molar refractivity (Wildman–Crippen MR) is 106 cm³/mol. The number of hydrogen-bond donors (Lipinski definition) is 0. The summed E-state index contributed by atoms with van der Waals surface area (Å²) in [6.45, 7) is 8.54. The zero-order valence-corrected chi connectivity index (χ0v) is 15.4. The Bertz CT molecular complexity index is 966. The smallest absolute Gasteiger partial charge is 0.130 e. The van der Waals surface area contributed by atoms with Gasteiger partial charge >= 0.3 is 0 Å². The third kappa shape index (κ3) is 2.74. The molecule has 0 fully saturated rings. The number of hydrogen-bond acceptors (Lipinski definition) is 1. The van der Waals surface area contributed by atoms with Crippen molar-refractivity contribution in [2.75, 3.05) is 0 Å². The summed E-state index contributed by atoms with van der Waals surface area (Å²) in [7, 11) is 0. The van der Waals surface area contributed by atoms with Crippen molar-refractivity contribution in [3.05, 3.63) is 81.8 Å². The molecule has 1 heterocycles. The van der Waals surface area contributed by atoms with Crippen LogP contribution < -0.4 is 0 Å². The predicted octanol–water partition coefficient (Wildman–Crippen LogP) is 6.53. The molecule has 0 bridgehead atoms. The standard InChI is InChI=1S/C24H24O/c1-5-18-9-10-19-13-21(23-12-16(3)17(4)25-23)14-22(19)24(18)20-8-6-7-15(2)11-20/h6-12,14H,5,13H2,1-4H3. The molecule has 25 heavy (non-hydrogen) atoms. The third-order valence-electron chi connectivity index (χ3n) is 5.29. The van der Waals surface area contributed by atoms with E-state index >= 15 is 0 Å². The van der Waals surface area contributed by atoms with Gasteiger partial charge in [0.1, 0.15) is 11.5 Å². The summed E-state index contributed by atoms with van der Waals surface area (Å²) in [6.07, 6.45) is 4.33. The van der Waals surface area contributed by atoms with Crippen LogP contribution in [0.15, 0.2) is 46.9 Å². The highest BCUT2D eigenvalue weighted by atomic mass is 16.3. The number of aryl methyl sites for hydroxylation is 4. The molecule has 0 unspecified atom stereocenters. The van der Waals surface area contributed by atoms with Gasteiger partial charge in [-0.1, -0.05) is 48.9 Å². The van der Waals surface area contributed by atoms with Gasteiger partial charge in [0.2, 0.25) is 0 Å². The van der Waals surface area contributed by atoms with Crippen molar-refractivity contribution in [1.82, 2.24) is 0 Å². The maximum absolute atomic E-state index is 5.98. The number of furan rings is 1. The molecule has 0 radical (unpaired) electrons. The second-order valence-corrected chi connectivity index (χ2v) is 7.09. The Labute approximate surface area is 150 Å². The molecular weight excluding hydrogens is 304 g/mol. The molecule has 1 nitrogen and oxygen atoms in total. The molecule has 0 aliphatic heterocycles. The lowest BCUT2D eigenvalue weighted by Gasteiger charge is -2.14. The zero-order valence-electron chi connectivity index (χ0n) is 15.4. The van der Waals surface area contributed by atoms with Crippen LogP contribution in [-0.2, 0) is 12.8 Å². The van der Waals surface area contributed by atoms with E-state index in [4.69, 9.17) is 4.42 Å². The molecule has 1 aliphatic carbocycles. The topological polar surface area (TPSA) is 13.1 Å². The molecule has 0 N–H and O–H groups in total. The van der Waals surface area contributed by atoms with E-state index in [1.807, 2.05) is 6.92 Å². The molecular formula is C24H24O. The molecule has 0 saturated carbocycles. The molecule has 3 aromatic rings. The fourth-order valence-corrected chi connectivity index (χ4v) is 3.78. The molecule has 2 aromatic carbocycles. The van der Waals surface area contributed by atoms with Gasteiger partial charge in [0, 0.05) is 6.42 Å². The van der Waals surface area contributed by atoms with E-state index in [9.17, 15) is 0 Å². The van der Waals surface area contributed by atoms with Gasteiger partial charge in [0.15, 0.2) is 0 Å². The Morgan fingerprint density at radius 3 is 2.52 bits per heavy atom. The number of allylic oxidation sites excluding steroid dienone is 1. The molecule has 0 atom stereocenters. The molecule has 1 aliphatic rings. The molecule has 126 valence electrons. The monoisotopic (exact) mass is 328 g/mol. The summed E-state index contributed by atoms with van der Waals surface area (Å²) in [5, 5.41) is 0. The lowest BCUT2D eigenvalue weighted by molar-refractivity contribution is 0.518. The second kappa shape index (κ2) is 6.07. The molecule has 0 spiro atoms. The van der Waals surface area contributed by atoms with E-state index in [-0.39, 0.29) is 0 Å². The maximum Gasteiger partial charge on any atom is 0.130 e. The van der Waals surface area contributed by atoms with Gasteiger partial charge in [-0.15, -0.1) is 0 Å². The van der Waals surface area contributed by atoms with Crippen LogP contribution >= 0.6 is 0 Å². The minimum Gasteiger partial charge on any atom is -0.461 e. The van der Waals surface area contributed by atoms with Gasteiger partial charge in [0.25, 0.3) is 0 Å². The molecule has 1 heteroatoms. The SMILES string of the molecule is CCc1ccc2c(c1-c1cccc(C)c1)C=C(c1cc(C)c(C)o1)C2. The first-order chi connectivity index (χ1) is 12.1. The molecule has 4 rings (SSSR count). The second-order valence-electron chi connectivity index (χ2n) is 7.09. The number of rotatable bonds is 3. The van der Waals surface area contributed by atoms with Gasteiger partial charge in [0.05, 0.1) is 0 Å². The van der Waals surface area contributed by atoms with E-state index in [1.54, 1.807) is 0 Å². The summed E-state index contributed by atoms with van der Waals surface area (Å²) in [6, 6.07) is 15.6. The van der Waals surface area contributed by atoms with Crippen LogP contribution in [0.1, 0.15) is 46.3 Å². The normalized spacial score (nSPS) is 13.0. The fraction of sp³-hybridized carbons (Fsp3) is 0.250. The van der Waals surface area contributed by atoms with Crippen molar-refractivity contribution in [1.29, 1.82) is 0 Å². The van der Waals surface area contributed by atoms with Crippen molar-refractivity contribution in [2.24, 2.45) is 0 Å². The van der Waals surface area contributed by atoms with Crippen molar-refractivity contribution >= 4 is 11.6 Å². The quantitative estimate of drug-likeness (QED) is 0.532. The highest BCUT2D eigenvalue weighted by molar-refractivity contribution is 5.94. The average molecular weight is 328 g/mol. The Morgan fingerprint density at radius 2 is 1.84 bits per heavy atom. The maximum atomic E-state index is 5.98. The Hall–Kier alpha value is -2.54. The van der Waals surface area contributed by atoms with E-state index in [0.717, 1.165) is 24.4 Å². The molecule has 1 aromatic heterocycles. The lowest BCUT2D eigenvalue weighted by atomic mass is 9.90. The summed E-state index contributed by atoms with van der Waals surface area (Å²) in [5.41, 5.74) is 10.7. The van der Waals surface area contributed by atoms with Crippen LogP contribution in [0.4, 0.5) is 0 Å². The Morgan fingerprint density at radius 1 is 1.00 bits per heavy atom. The van der Waals surface area contributed by atoms with Gasteiger partial charge in [-0.2, -0.15) is 0 Å². The van der Waals surface area contributed by atoms with Crippen molar-refractivity contribution < 1.29 is 4.42 Å². The molecule has 0 amide bonds. The Kier molecular flexibility index (Phi) is 3.88. The minimum absolute atomic E-state index is 0.949. The highest BCUT2D eigenvalue weighted by Gasteiger charge is 2.22. The highest BCUT2D eigenvalue weighted by Crippen LogP contribution is 2.40. The largest absolute Gasteiger partial charge is 0.461 e. The van der Waals surface area contributed by atoms with E-state index in [2.05, 4.69) is 69.3 Å². The zero-order chi connectivity index (χ0) is 17.6. The minimum atomic E-state index is 0.949. The summed E-state index contributed by atoms with van der Waals surface area (Å²) in [4.78, 5) is 0. The van der Waals surface area contributed by atoms with Crippen molar-refractivity contribution in [2.45, 2.75) is 40.5 Å². The first kappa shape index (κ1) is 16.0. The van der Waals surface area contributed by atoms with Gasteiger partial charge in [-0.3, -0.25) is 0 Å². The average Bonchev–Trinajstić information content (AvgIpc) is 3.17. The summed E-state index contributed by atoms with van der Waals surface area (Å²) < 4.78 is 5.98. The van der Waals surface area contributed by atoms with E-state index < -0.39 is 0 Å². The lowest BCUT2D eigenvalue weighted by Crippen LogP contribution is -1.94. The first-order valence-electron chi connectivity index (χ1n) is 9.06. The van der Waals surface area contributed by atoms with Gasteiger partial charge in [-0.05, 0) is 78.3 Å². The number of fused-ring (bicyclic) bond motifs is 1. The van der Waals surface area contributed by atoms with Crippen LogP contribution in [-0.4, -0.2) is 0 Å². The Balaban J connectivity index is 1.88. The summed E-state index contributed by atoms with van der Waals surface area (Å²) in [5.74, 6) is 2.03. The van der Waals surface area contributed by atoms with Crippen LogP contribution in [0.25, 0.3) is 22.8 Å². The molecule has 0 saturated heterocycles. The van der Waals surface area contributed by atoms with E-state index in [0.29, 0.717) is 0 Å². The van der Waals surface area contributed by atoms with Crippen LogP contribution in [0.3, 0.4) is 0 Å². The van der Waals surface area contributed by atoms with Crippen molar-refractivity contribution in [3.8, 4) is 11.1 Å². The van der Waals surface area contributed by atoms with E-state index in [1.165, 1.54) is 44.5 Å². The summed E-state index contributed by atoms with van der Waals surface area (Å²) >= 11 is 0. The number of benzene rings is 2. The first-order valence-corrected chi connectivity index (χ1v) is 9.06. The van der Waals surface area contributed by atoms with Gasteiger partial charge < -0.3 is 4.42 Å². The van der Waals surface area contributed by atoms with Crippen molar-refractivity contribution in [3.63, 3.8) is 0 Å². The van der Waals surface area contributed by atoms with Gasteiger partial charge in [-0.25, -0.2) is 0 Å². The fourth-order valence-electron chi connectivity index (χ4n) is 3.78. The van der Waals surface area contributed by atoms with Crippen LogP contribution in [0, 0.1) is 20.8 Å². The van der Waals surface area contributed by atoms with Crippen LogP contribution in [0.5, 0.6) is 0 Å².